The number of benzene rings is 11. The van der Waals surface area contributed by atoms with E-state index in [9.17, 15) is 0 Å². The van der Waals surface area contributed by atoms with Crippen molar-refractivity contribution in [3.05, 3.63) is 269 Å². The molecule has 6 heteroatoms. The van der Waals surface area contributed by atoms with Gasteiger partial charge in [-0.25, -0.2) is 4.85 Å². The summed E-state index contributed by atoms with van der Waals surface area (Å²) in [6.45, 7) is 18.5. The molecule has 0 aliphatic carbocycles. The molecule has 0 amide bonds. The quantitative estimate of drug-likeness (QED) is 0.135. The summed E-state index contributed by atoms with van der Waals surface area (Å²) in [6, 6.07) is 76.5. The van der Waals surface area contributed by atoms with Gasteiger partial charge >= 0.3 is 6.18 Å². The van der Waals surface area contributed by atoms with Gasteiger partial charge in [-0.2, -0.15) is 13.2 Å². The van der Waals surface area contributed by atoms with E-state index in [-0.39, 0.29) is 5.56 Å². The van der Waals surface area contributed by atoms with Gasteiger partial charge in [-0.3, -0.25) is 0 Å². The summed E-state index contributed by atoms with van der Waals surface area (Å²) in [6.07, 6.45) is -4.61. The lowest BCUT2D eigenvalue weighted by Gasteiger charge is -2.22. The molecule has 0 unspecified atom stereocenters. The van der Waals surface area contributed by atoms with Crippen molar-refractivity contribution in [1.82, 2.24) is 9.13 Å². The molecule has 0 saturated carbocycles. The van der Waals surface area contributed by atoms with Crippen molar-refractivity contribution < 1.29 is 13.2 Å². The third-order valence-electron chi connectivity index (χ3n) is 15.8. The predicted molar refractivity (Wildman–Crippen MR) is 323 cm³/mol. The van der Waals surface area contributed by atoms with Gasteiger partial charge in [0.2, 0.25) is 0 Å². The number of halogens is 3. The molecule has 13 aromatic rings. The summed E-state index contributed by atoms with van der Waals surface area (Å²) in [4.78, 5) is 4.01. The van der Waals surface area contributed by atoms with E-state index in [1.807, 2.05) is 36.4 Å². The molecule has 0 aliphatic rings. The van der Waals surface area contributed by atoms with Crippen molar-refractivity contribution >= 4 is 49.3 Å². The summed E-state index contributed by atoms with van der Waals surface area (Å²) in [5, 5.41) is 4.12. The molecule has 11 aromatic carbocycles. The zero-order valence-electron chi connectivity index (χ0n) is 44.3. The van der Waals surface area contributed by atoms with Gasteiger partial charge in [0.05, 0.1) is 45.6 Å². The van der Waals surface area contributed by atoms with Crippen LogP contribution in [0.4, 0.5) is 18.9 Å². The first-order chi connectivity index (χ1) is 38.3. The highest BCUT2D eigenvalue weighted by Crippen LogP contribution is 2.47. The number of aryl methyl sites for hydroxylation is 5. The maximum absolute atomic E-state index is 15.2. The van der Waals surface area contributed by atoms with Crippen molar-refractivity contribution in [1.29, 1.82) is 0 Å². The van der Waals surface area contributed by atoms with Crippen molar-refractivity contribution in [3.63, 3.8) is 0 Å². The average Bonchev–Trinajstić information content (AvgIpc) is 4.12. The Hall–Kier alpha value is -9.70. The maximum atomic E-state index is 15.2. The Morgan fingerprint density at radius 2 is 0.709 bits per heavy atom. The van der Waals surface area contributed by atoms with Crippen LogP contribution in [0.25, 0.3) is 127 Å². The summed E-state index contributed by atoms with van der Waals surface area (Å²) in [5.41, 5.74) is 20.9. The molecule has 13 rings (SSSR count). The lowest BCUT2D eigenvalue weighted by molar-refractivity contribution is -0.137. The van der Waals surface area contributed by atoms with E-state index >= 15 is 13.2 Å². The molecule has 0 saturated heterocycles. The summed E-state index contributed by atoms with van der Waals surface area (Å²) in [5.74, 6) is 0. The molecule has 0 N–H and O–H groups in total. The molecule has 0 fully saturated rings. The molecule has 0 aliphatic heterocycles. The second-order valence-electron chi connectivity index (χ2n) is 21.1. The first-order valence-corrected chi connectivity index (χ1v) is 26.6. The predicted octanol–water partition coefficient (Wildman–Crippen LogP) is 21.0. The molecule has 380 valence electrons. The molecular weight excluding hydrogens is 976 g/mol. The molecule has 0 spiro atoms. The molecular formula is C73H52F3N3. The van der Waals surface area contributed by atoms with Crippen LogP contribution in [0.1, 0.15) is 33.4 Å². The van der Waals surface area contributed by atoms with E-state index in [4.69, 9.17) is 6.57 Å². The Balaban J connectivity index is 1.12. The van der Waals surface area contributed by atoms with E-state index in [1.165, 1.54) is 34.4 Å². The standard InChI is InChI=1S/C73H52F3N3/c1-44-10-18-49(19-11-44)53-27-33-66-60(38-53)61-39-54(50-20-12-45(2)13-21-50)28-34-67(61)78(66)70-37-31-58(77-6)43-64(70)59-32-26-57(72-48(5)8-7-9-65(72)73(74,75)76)42-71(59)79-68-35-29-55(51-22-14-46(3)15-23-51)40-62(68)63-41-56(30-36-69(63)79)52-24-16-47(4)17-25-52/h7-43H,1-5H3. The van der Waals surface area contributed by atoms with Gasteiger partial charge < -0.3 is 9.13 Å². The molecule has 3 nitrogen and oxygen atoms in total. The summed E-state index contributed by atoms with van der Waals surface area (Å²) >= 11 is 0. The number of rotatable bonds is 8. The number of fused-ring (bicyclic) bond motifs is 6. The lowest BCUT2D eigenvalue weighted by Crippen LogP contribution is -2.08. The zero-order valence-corrected chi connectivity index (χ0v) is 44.3. The van der Waals surface area contributed by atoms with Crippen LogP contribution in [0.2, 0.25) is 0 Å². The fourth-order valence-electron chi connectivity index (χ4n) is 11.7. The second kappa shape index (κ2) is 19.1. The van der Waals surface area contributed by atoms with Crippen LogP contribution in [0.3, 0.4) is 0 Å². The van der Waals surface area contributed by atoms with E-state index < -0.39 is 11.7 Å². The minimum atomic E-state index is -4.61. The van der Waals surface area contributed by atoms with Crippen LogP contribution >= 0.6 is 0 Å². The molecule has 0 atom stereocenters. The van der Waals surface area contributed by atoms with Crippen LogP contribution in [-0.2, 0) is 6.18 Å². The summed E-state index contributed by atoms with van der Waals surface area (Å²) < 4.78 is 50.2. The van der Waals surface area contributed by atoms with Crippen LogP contribution in [0.15, 0.2) is 224 Å². The van der Waals surface area contributed by atoms with Gasteiger partial charge in [0.1, 0.15) is 0 Å². The van der Waals surface area contributed by atoms with Crippen LogP contribution in [-0.4, -0.2) is 9.13 Å². The number of alkyl halides is 3. The fraction of sp³-hybridized carbons (Fsp3) is 0.0822. The minimum Gasteiger partial charge on any atom is -0.309 e. The van der Waals surface area contributed by atoms with Crippen LogP contribution in [0, 0.1) is 41.2 Å². The number of hydrogen-bond donors (Lipinski definition) is 0. The Bertz CT molecular complexity index is 4400. The van der Waals surface area contributed by atoms with E-state index in [0.29, 0.717) is 22.5 Å². The largest absolute Gasteiger partial charge is 0.417 e. The Morgan fingerprint density at radius 1 is 0.342 bits per heavy atom. The van der Waals surface area contributed by atoms with Crippen LogP contribution < -0.4 is 0 Å². The Kier molecular flexibility index (Phi) is 11.8. The molecule has 2 heterocycles. The average molecular weight is 1030 g/mol. The summed E-state index contributed by atoms with van der Waals surface area (Å²) in [7, 11) is 0. The Morgan fingerprint density at radius 3 is 1.09 bits per heavy atom. The third kappa shape index (κ3) is 8.65. The first kappa shape index (κ1) is 48.9. The molecule has 0 bridgehead atoms. The van der Waals surface area contributed by atoms with Gasteiger partial charge in [-0.05, 0) is 174 Å². The Labute approximate surface area is 457 Å². The van der Waals surface area contributed by atoms with Gasteiger partial charge in [0.25, 0.3) is 0 Å². The topological polar surface area (TPSA) is 14.2 Å². The highest BCUT2D eigenvalue weighted by atomic mass is 19.4. The fourth-order valence-corrected chi connectivity index (χ4v) is 11.7. The number of aromatic nitrogens is 2. The van der Waals surface area contributed by atoms with E-state index in [1.54, 1.807) is 13.0 Å². The van der Waals surface area contributed by atoms with Crippen molar-refractivity contribution in [3.8, 4) is 78.1 Å². The second-order valence-corrected chi connectivity index (χ2v) is 21.1. The molecule has 2 aromatic heterocycles. The van der Waals surface area contributed by atoms with Crippen LogP contribution in [0.5, 0.6) is 0 Å². The van der Waals surface area contributed by atoms with Gasteiger partial charge in [0, 0.05) is 27.1 Å². The number of hydrogen-bond acceptors (Lipinski definition) is 0. The zero-order chi connectivity index (χ0) is 54.3. The lowest BCUT2D eigenvalue weighted by atomic mass is 9.91. The third-order valence-corrected chi connectivity index (χ3v) is 15.8. The minimum absolute atomic E-state index is 0.123. The molecule has 0 radical (unpaired) electrons. The smallest absolute Gasteiger partial charge is 0.309 e. The van der Waals surface area contributed by atoms with E-state index in [2.05, 4.69) is 212 Å². The van der Waals surface area contributed by atoms with Crippen molar-refractivity contribution in [2.24, 2.45) is 0 Å². The monoisotopic (exact) mass is 1030 g/mol. The van der Waals surface area contributed by atoms with Gasteiger partial charge in [0.15, 0.2) is 5.69 Å². The highest BCUT2D eigenvalue weighted by Gasteiger charge is 2.35. The first-order valence-electron chi connectivity index (χ1n) is 26.6. The highest BCUT2D eigenvalue weighted by molar-refractivity contribution is 6.14. The van der Waals surface area contributed by atoms with Gasteiger partial charge in [-0.15, -0.1) is 0 Å². The van der Waals surface area contributed by atoms with Crippen molar-refractivity contribution in [2.75, 3.05) is 0 Å². The van der Waals surface area contributed by atoms with Crippen molar-refractivity contribution in [2.45, 2.75) is 40.8 Å². The normalized spacial score (nSPS) is 11.8. The van der Waals surface area contributed by atoms with Gasteiger partial charge in [-0.1, -0.05) is 174 Å². The maximum Gasteiger partial charge on any atom is 0.417 e. The molecule has 79 heavy (non-hydrogen) atoms. The number of nitrogens with zero attached hydrogens (tertiary/aromatic N) is 3. The SMILES string of the molecule is [C-]#[N+]c1ccc(-n2c3ccc(-c4ccc(C)cc4)cc3c3cc(-c4ccc(C)cc4)ccc32)c(-c2ccc(-c3c(C)cccc3C(F)(F)F)cc2-n2c3ccc(-c4ccc(C)cc4)cc3c3cc(-c4ccc(C)cc4)ccc32)c1. The van der Waals surface area contributed by atoms with E-state index in [0.717, 1.165) is 105 Å².